The SMILES string of the molecule is N#Cc1cc(-c2nc(-c3ccccc3)c3sc4ccc(-c5ccc6ccccc6c5)cc4c3n2)cc(-n2c3ccccc3c3cc4ccccc4cc32)c1.c1ccc(-c2cc3oc4c(-c5ccccc5)nc(-c5cc(-n6c7ccccc7c7cc8ccccc8cc76)c6ccccc6c5)nc4c3cc2-c2ccccc2)cc1. The van der Waals surface area contributed by atoms with Crippen LogP contribution in [0.3, 0.4) is 0 Å². The van der Waals surface area contributed by atoms with Crippen LogP contribution in [0.2, 0.25) is 0 Å². The first-order chi connectivity index (χ1) is 55.4. The van der Waals surface area contributed by atoms with Crippen LogP contribution in [0.25, 0.3) is 219 Å². The van der Waals surface area contributed by atoms with Gasteiger partial charge in [-0.05, 0) is 168 Å². The third-order valence-corrected chi connectivity index (χ3v) is 23.3. The van der Waals surface area contributed by atoms with Crippen molar-refractivity contribution < 1.29 is 4.42 Å². The lowest BCUT2D eigenvalue weighted by Gasteiger charge is -2.15. The summed E-state index contributed by atoms with van der Waals surface area (Å²) in [6.45, 7) is 0. The zero-order valence-corrected chi connectivity index (χ0v) is 61.0. The van der Waals surface area contributed by atoms with Crippen LogP contribution in [0.5, 0.6) is 0 Å². The number of benzene rings is 17. The standard InChI is InChI=1S/C54H33N3O.C49H28N4S/c1-4-16-34(17-5-1)43-32-46-50(33-44(43)35-18-6-2-7-19-35)58-53-51(36-20-8-3-9-21-36)55-54(56-52(46)53)40-28-39-24-12-13-25-41(39)48(31-40)57-47-27-15-14-26-42(47)45-29-37-22-10-11-23-38(37)30-49(45)57;50-29-30-22-38(25-39(23-30)53-43-17-9-8-16-40(43)41-26-34-14-6-7-15-35(34)28-44(41)53)49-51-46(32-11-2-1-3-12-32)48-47(52-49)42-27-37(20-21-45(42)54-48)36-19-18-31-10-4-5-13-33(31)24-36/h1-33H;1-28H. The predicted octanol–water partition coefficient (Wildman–Crippen LogP) is 27.6. The van der Waals surface area contributed by atoms with E-state index in [-0.39, 0.29) is 0 Å². The van der Waals surface area contributed by atoms with E-state index in [0.29, 0.717) is 22.8 Å². The second kappa shape index (κ2) is 26.2. The van der Waals surface area contributed by atoms with Gasteiger partial charge >= 0.3 is 0 Å². The van der Waals surface area contributed by atoms with Crippen molar-refractivity contribution in [3.63, 3.8) is 0 Å². The average molecular weight is 1440 g/mol. The van der Waals surface area contributed by atoms with Gasteiger partial charge in [0.1, 0.15) is 16.8 Å². The maximum Gasteiger partial charge on any atom is 0.180 e. The summed E-state index contributed by atoms with van der Waals surface area (Å²) < 4.78 is 13.7. The van der Waals surface area contributed by atoms with Crippen molar-refractivity contribution in [2.24, 2.45) is 0 Å². The van der Waals surface area contributed by atoms with E-state index in [1.807, 2.05) is 36.4 Å². The van der Waals surface area contributed by atoms with E-state index in [9.17, 15) is 5.26 Å². The average Bonchev–Trinajstić information content (AvgIpc) is 1.56. The van der Waals surface area contributed by atoms with Gasteiger partial charge in [0.2, 0.25) is 0 Å². The number of aromatic nitrogens is 6. The minimum absolute atomic E-state index is 0.549. The molecule has 0 N–H and O–H groups in total. The number of hydrogen-bond acceptors (Lipinski definition) is 7. The van der Waals surface area contributed by atoms with E-state index >= 15 is 0 Å². The van der Waals surface area contributed by atoms with Crippen LogP contribution in [-0.4, -0.2) is 29.1 Å². The molecule has 23 rings (SSSR count). The largest absolute Gasteiger partial charge is 0.452 e. The van der Waals surface area contributed by atoms with Crippen molar-refractivity contribution >= 4 is 140 Å². The smallest absolute Gasteiger partial charge is 0.180 e. The Hall–Kier alpha value is -15.0. The fourth-order valence-electron chi connectivity index (χ4n) is 16.8. The number of rotatable bonds is 9. The second-order valence-electron chi connectivity index (χ2n) is 28.7. The molecule has 17 aromatic carbocycles. The molecule has 6 heterocycles. The van der Waals surface area contributed by atoms with Gasteiger partial charge in [-0.3, -0.25) is 0 Å². The van der Waals surface area contributed by atoms with Gasteiger partial charge in [0, 0.05) is 70.3 Å². The second-order valence-corrected chi connectivity index (χ2v) is 29.8. The van der Waals surface area contributed by atoms with Crippen molar-refractivity contribution in [3.05, 3.63) is 376 Å². The maximum absolute atomic E-state index is 10.4. The van der Waals surface area contributed by atoms with E-state index in [4.69, 9.17) is 24.4 Å². The summed E-state index contributed by atoms with van der Waals surface area (Å²) in [6, 6.07) is 133. The monoisotopic (exact) mass is 1440 g/mol. The Bertz CT molecular complexity index is 7830. The molecule has 23 aromatic rings. The molecule has 0 amide bonds. The molecule has 0 atom stereocenters. The molecule has 0 aliphatic carbocycles. The van der Waals surface area contributed by atoms with E-state index in [1.165, 1.54) is 48.5 Å². The summed E-state index contributed by atoms with van der Waals surface area (Å²) >= 11 is 1.72. The van der Waals surface area contributed by atoms with Gasteiger partial charge in [0.25, 0.3) is 0 Å². The number of nitrogens with zero attached hydrogens (tertiary/aromatic N) is 7. The summed E-state index contributed by atoms with van der Waals surface area (Å²) in [7, 11) is 0. The van der Waals surface area contributed by atoms with Gasteiger partial charge in [-0.2, -0.15) is 5.26 Å². The Labute approximate surface area is 646 Å². The molecule has 0 saturated heterocycles. The fraction of sp³-hybridized carbons (Fsp3) is 0. The maximum atomic E-state index is 10.4. The first-order valence-corrected chi connectivity index (χ1v) is 38.4. The summed E-state index contributed by atoms with van der Waals surface area (Å²) in [4.78, 5) is 21.5. The molecule has 112 heavy (non-hydrogen) atoms. The topological polar surface area (TPSA) is 98.4 Å². The van der Waals surface area contributed by atoms with Crippen molar-refractivity contribution in [3.8, 4) is 96.1 Å². The lowest BCUT2D eigenvalue weighted by atomic mass is 9.93. The van der Waals surface area contributed by atoms with Crippen LogP contribution in [0.15, 0.2) is 374 Å². The third kappa shape index (κ3) is 10.8. The number of nitriles is 1. The summed E-state index contributed by atoms with van der Waals surface area (Å²) in [5.74, 6) is 1.22. The van der Waals surface area contributed by atoms with E-state index < -0.39 is 0 Å². The molecule has 0 aliphatic heterocycles. The Morgan fingerprint density at radius 3 is 1.39 bits per heavy atom. The molecule has 0 fully saturated rings. The minimum atomic E-state index is 0.549. The van der Waals surface area contributed by atoms with Gasteiger partial charge in [0.05, 0.1) is 55.3 Å². The molecule has 0 saturated carbocycles. The summed E-state index contributed by atoms with van der Waals surface area (Å²) in [6.07, 6.45) is 0. The zero-order chi connectivity index (χ0) is 73.9. The molecule has 0 unspecified atom stereocenters. The molecule has 0 bridgehead atoms. The fourth-order valence-corrected chi connectivity index (χ4v) is 18.0. The third-order valence-electron chi connectivity index (χ3n) is 22.1. The van der Waals surface area contributed by atoms with Gasteiger partial charge in [0.15, 0.2) is 17.2 Å². The Morgan fingerprint density at radius 2 is 0.759 bits per heavy atom. The van der Waals surface area contributed by atoms with Crippen LogP contribution in [0.1, 0.15) is 5.56 Å². The van der Waals surface area contributed by atoms with Crippen LogP contribution >= 0.6 is 11.3 Å². The summed E-state index contributed by atoms with van der Waals surface area (Å²) in [5.41, 5.74) is 22.3. The lowest BCUT2D eigenvalue weighted by molar-refractivity contribution is 0.667. The van der Waals surface area contributed by atoms with Crippen LogP contribution in [0, 0.1) is 11.3 Å². The number of thiophene rings is 1. The molecule has 9 heteroatoms. The van der Waals surface area contributed by atoms with E-state index in [2.05, 4.69) is 349 Å². The van der Waals surface area contributed by atoms with E-state index in [0.717, 1.165) is 153 Å². The molecular formula is C103H61N7OS. The first kappa shape index (κ1) is 64.2. The van der Waals surface area contributed by atoms with Crippen molar-refractivity contribution in [2.45, 2.75) is 0 Å². The molecule has 0 aliphatic rings. The van der Waals surface area contributed by atoms with E-state index in [1.54, 1.807) is 11.3 Å². The van der Waals surface area contributed by atoms with Gasteiger partial charge in [-0.25, -0.2) is 19.9 Å². The number of furan rings is 1. The Kier molecular flexibility index (Phi) is 15.0. The molecular weight excluding hydrogens is 1380 g/mol. The normalized spacial score (nSPS) is 11.7. The highest BCUT2D eigenvalue weighted by molar-refractivity contribution is 7.26. The van der Waals surface area contributed by atoms with Crippen molar-refractivity contribution in [1.82, 2.24) is 29.1 Å². The van der Waals surface area contributed by atoms with Gasteiger partial charge in [-0.15, -0.1) is 11.3 Å². The highest BCUT2D eigenvalue weighted by Gasteiger charge is 2.25. The quantitative estimate of drug-likeness (QED) is 0.143. The molecule has 6 aromatic heterocycles. The zero-order valence-electron chi connectivity index (χ0n) is 60.2. The van der Waals surface area contributed by atoms with Crippen LogP contribution < -0.4 is 0 Å². The highest BCUT2D eigenvalue weighted by atomic mass is 32.1. The number of fused-ring (bicyclic) bond motifs is 16. The summed E-state index contributed by atoms with van der Waals surface area (Å²) in [5, 5.41) is 26.7. The number of hydrogen-bond donors (Lipinski definition) is 0. The van der Waals surface area contributed by atoms with Crippen LogP contribution in [-0.2, 0) is 0 Å². The Balaban J connectivity index is 0.000000138. The highest BCUT2D eigenvalue weighted by Crippen LogP contribution is 2.47. The first-order valence-electron chi connectivity index (χ1n) is 37.6. The predicted molar refractivity (Wildman–Crippen MR) is 466 cm³/mol. The molecule has 0 spiro atoms. The van der Waals surface area contributed by atoms with Gasteiger partial charge in [-0.1, -0.05) is 273 Å². The number of para-hydroxylation sites is 2. The van der Waals surface area contributed by atoms with Crippen molar-refractivity contribution in [2.75, 3.05) is 0 Å². The van der Waals surface area contributed by atoms with Gasteiger partial charge < -0.3 is 13.6 Å². The Morgan fingerprint density at radius 1 is 0.286 bits per heavy atom. The minimum Gasteiger partial charge on any atom is -0.452 e. The molecule has 520 valence electrons. The van der Waals surface area contributed by atoms with Crippen LogP contribution in [0.4, 0.5) is 0 Å². The molecule has 8 nitrogen and oxygen atoms in total. The van der Waals surface area contributed by atoms with Crippen molar-refractivity contribution in [1.29, 1.82) is 5.26 Å². The molecule has 0 radical (unpaired) electrons. The lowest BCUT2D eigenvalue weighted by Crippen LogP contribution is -1.99.